The largest absolute Gasteiger partial charge is 0.383 e. The van der Waals surface area contributed by atoms with Gasteiger partial charge < -0.3 is 15.5 Å². The van der Waals surface area contributed by atoms with E-state index in [1.54, 1.807) is 38.5 Å². The first-order valence-corrected chi connectivity index (χ1v) is 9.52. The van der Waals surface area contributed by atoms with E-state index in [-0.39, 0.29) is 17.5 Å². The van der Waals surface area contributed by atoms with Crippen LogP contribution in [0, 0.1) is 5.82 Å². The van der Waals surface area contributed by atoms with Gasteiger partial charge >= 0.3 is 0 Å². The van der Waals surface area contributed by atoms with Crippen LogP contribution in [0.25, 0.3) is 16.9 Å². The van der Waals surface area contributed by atoms with E-state index in [2.05, 4.69) is 20.3 Å². The van der Waals surface area contributed by atoms with E-state index in [4.69, 9.17) is 5.73 Å². The molecule has 0 aliphatic carbocycles. The highest BCUT2D eigenvalue weighted by molar-refractivity contribution is 6.06. The number of rotatable bonds is 3. The van der Waals surface area contributed by atoms with Crippen molar-refractivity contribution in [2.45, 2.75) is 25.7 Å². The molecule has 0 atom stereocenters. The molecule has 5 rings (SSSR count). The SMILES string of the molecule is CC1(C)C(=O)Nc2nc(-c3cc(Cc4ccccc4F)c4cncn4c3)nc(N)c21. The van der Waals surface area contributed by atoms with Crippen molar-refractivity contribution in [1.82, 2.24) is 19.4 Å². The van der Waals surface area contributed by atoms with Crippen molar-refractivity contribution in [3.05, 3.63) is 71.6 Å². The van der Waals surface area contributed by atoms with E-state index in [0.717, 1.165) is 11.1 Å². The predicted molar refractivity (Wildman–Crippen MR) is 111 cm³/mol. The van der Waals surface area contributed by atoms with E-state index >= 15 is 0 Å². The summed E-state index contributed by atoms with van der Waals surface area (Å²) < 4.78 is 16.1. The summed E-state index contributed by atoms with van der Waals surface area (Å²) in [5, 5.41) is 2.79. The number of hydrogen-bond donors (Lipinski definition) is 2. The summed E-state index contributed by atoms with van der Waals surface area (Å²) >= 11 is 0. The van der Waals surface area contributed by atoms with E-state index < -0.39 is 5.41 Å². The highest BCUT2D eigenvalue weighted by Gasteiger charge is 2.42. The second-order valence-corrected chi connectivity index (χ2v) is 7.94. The summed E-state index contributed by atoms with van der Waals surface area (Å²) in [6.07, 6.45) is 5.64. The molecular weight excluding hydrogens is 383 g/mol. The molecule has 150 valence electrons. The Morgan fingerprint density at radius 1 is 1.20 bits per heavy atom. The second kappa shape index (κ2) is 6.35. The number of imidazole rings is 1. The Morgan fingerprint density at radius 3 is 2.80 bits per heavy atom. The maximum Gasteiger partial charge on any atom is 0.235 e. The first-order valence-electron chi connectivity index (χ1n) is 9.52. The molecule has 0 radical (unpaired) electrons. The smallest absolute Gasteiger partial charge is 0.235 e. The molecular formula is C22H19FN6O. The third-order valence-corrected chi connectivity index (χ3v) is 5.56. The summed E-state index contributed by atoms with van der Waals surface area (Å²) in [5.74, 6) is 0.646. The lowest BCUT2D eigenvalue weighted by Gasteiger charge is -2.16. The monoisotopic (exact) mass is 402 g/mol. The first kappa shape index (κ1) is 18.2. The van der Waals surface area contributed by atoms with Crippen LogP contribution in [0.4, 0.5) is 16.0 Å². The van der Waals surface area contributed by atoms with E-state index in [9.17, 15) is 9.18 Å². The normalized spacial score (nSPS) is 14.7. The minimum absolute atomic E-state index is 0.166. The number of nitrogens with one attached hydrogen (secondary N) is 1. The topological polar surface area (TPSA) is 98.2 Å². The van der Waals surface area contributed by atoms with Gasteiger partial charge in [-0.15, -0.1) is 0 Å². The fourth-order valence-corrected chi connectivity index (χ4v) is 3.91. The van der Waals surface area contributed by atoms with Gasteiger partial charge in [0, 0.05) is 18.2 Å². The molecule has 30 heavy (non-hydrogen) atoms. The highest BCUT2D eigenvalue weighted by Crippen LogP contribution is 2.40. The van der Waals surface area contributed by atoms with Crippen LogP contribution in [0.1, 0.15) is 30.5 Å². The standard InChI is InChI=1S/C22H19FN6O/c1-22(2)17-18(24)26-19(27-20(17)28-21(22)30)14-8-13(16-9-25-11-29(16)10-14)7-12-5-3-4-6-15(12)23/h3-6,8-11H,7H2,1-2H3,(H3,24,26,27,28,30). The van der Waals surface area contributed by atoms with Crippen LogP contribution in [0.15, 0.2) is 49.1 Å². The zero-order chi connectivity index (χ0) is 21.0. The van der Waals surface area contributed by atoms with Crippen molar-refractivity contribution in [2.24, 2.45) is 0 Å². The molecule has 1 aromatic carbocycles. The highest BCUT2D eigenvalue weighted by atomic mass is 19.1. The van der Waals surface area contributed by atoms with Gasteiger partial charge in [0.1, 0.15) is 17.5 Å². The van der Waals surface area contributed by atoms with E-state index in [1.165, 1.54) is 6.07 Å². The number of fused-ring (bicyclic) bond motifs is 2. The van der Waals surface area contributed by atoms with E-state index in [0.29, 0.717) is 34.8 Å². The number of amides is 1. The Labute approximate surface area is 171 Å². The minimum Gasteiger partial charge on any atom is -0.383 e. The predicted octanol–water partition coefficient (Wildman–Crippen LogP) is 3.33. The average Bonchev–Trinajstić information content (AvgIpc) is 3.26. The van der Waals surface area contributed by atoms with Crippen molar-refractivity contribution in [3.8, 4) is 11.4 Å². The number of anilines is 2. The number of carbonyl (C=O) groups is 1. The Kier molecular flexibility index (Phi) is 3.86. The fraction of sp³-hybridized carbons (Fsp3) is 0.182. The quantitative estimate of drug-likeness (QED) is 0.548. The molecule has 3 aromatic heterocycles. The zero-order valence-electron chi connectivity index (χ0n) is 16.5. The van der Waals surface area contributed by atoms with Gasteiger partial charge in [-0.1, -0.05) is 18.2 Å². The van der Waals surface area contributed by atoms with Gasteiger partial charge in [-0.05, 0) is 37.1 Å². The second-order valence-electron chi connectivity index (χ2n) is 7.94. The third-order valence-electron chi connectivity index (χ3n) is 5.56. The Morgan fingerprint density at radius 2 is 2.00 bits per heavy atom. The number of halogens is 1. The minimum atomic E-state index is -0.789. The molecule has 4 heterocycles. The van der Waals surface area contributed by atoms with Crippen LogP contribution in [-0.2, 0) is 16.6 Å². The summed E-state index contributed by atoms with van der Waals surface area (Å²) in [6, 6.07) is 8.59. The summed E-state index contributed by atoms with van der Waals surface area (Å²) in [6.45, 7) is 3.58. The lowest BCUT2D eigenvalue weighted by atomic mass is 9.87. The molecule has 7 nitrogen and oxygen atoms in total. The number of benzene rings is 1. The van der Waals surface area contributed by atoms with Crippen molar-refractivity contribution < 1.29 is 9.18 Å². The fourth-order valence-electron chi connectivity index (χ4n) is 3.91. The molecule has 1 aliphatic rings. The molecule has 0 saturated carbocycles. The zero-order valence-corrected chi connectivity index (χ0v) is 16.5. The third kappa shape index (κ3) is 2.72. The molecule has 3 N–H and O–H groups in total. The number of pyridine rings is 1. The summed E-state index contributed by atoms with van der Waals surface area (Å²) in [4.78, 5) is 25.5. The lowest BCUT2D eigenvalue weighted by Crippen LogP contribution is -2.27. The number of nitrogen functional groups attached to an aromatic ring is 1. The summed E-state index contributed by atoms with van der Waals surface area (Å²) in [7, 11) is 0. The molecule has 0 bridgehead atoms. The van der Waals surface area contributed by atoms with Crippen LogP contribution in [0.5, 0.6) is 0 Å². The van der Waals surface area contributed by atoms with Crippen molar-refractivity contribution in [2.75, 3.05) is 11.1 Å². The Bertz CT molecular complexity index is 1330. The molecule has 8 heteroatoms. The average molecular weight is 402 g/mol. The number of nitrogens with zero attached hydrogens (tertiary/aromatic N) is 4. The molecule has 1 aliphatic heterocycles. The van der Waals surface area contributed by atoms with Gasteiger partial charge in [0.15, 0.2) is 5.82 Å². The van der Waals surface area contributed by atoms with Crippen LogP contribution in [0.2, 0.25) is 0 Å². The van der Waals surface area contributed by atoms with Gasteiger partial charge in [0.2, 0.25) is 5.91 Å². The first-order chi connectivity index (χ1) is 14.3. The molecule has 0 spiro atoms. The maximum atomic E-state index is 14.2. The molecule has 0 saturated heterocycles. The van der Waals surface area contributed by atoms with Crippen molar-refractivity contribution >= 4 is 23.1 Å². The Hall–Kier alpha value is -3.81. The van der Waals surface area contributed by atoms with Gasteiger partial charge in [0.05, 0.1) is 29.0 Å². The maximum absolute atomic E-state index is 14.2. The summed E-state index contributed by atoms with van der Waals surface area (Å²) in [5.41, 5.74) is 9.05. The van der Waals surface area contributed by atoms with Crippen LogP contribution >= 0.6 is 0 Å². The van der Waals surface area contributed by atoms with Gasteiger partial charge in [-0.25, -0.2) is 19.3 Å². The van der Waals surface area contributed by atoms with Crippen LogP contribution in [0.3, 0.4) is 0 Å². The Balaban J connectivity index is 1.65. The molecule has 0 fully saturated rings. The van der Waals surface area contributed by atoms with E-state index in [1.807, 2.05) is 22.7 Å². The van der Waals surface area contributed by atoms with Gasteiger partial charge in [0.25, 0.3) is 0 Å². The molecule has 0 unspecified atom stereocenters. The lowest BCUT2D eigenvalue weighted by molar-refractivity contribution is -0.119. The van der Waals surface area contributed by atoms with Crippen molar-refractivity contribution in [3.63, 3.8) is 0 Å². The van der Waals surface area contributed by atoms with Crippen LogP contribution < -0.4 is 11.1 Å². The van der Waals surface area contributed by atoms with Gasteiger partial charge in [-0.3, -0.25) is 4.79 Å². The number of aromatic nitrogens is 4. The molecule has 1 amide bonds. The van der Waals surface area contributed by atoms with Crippen LogP contribution in [-0.4, -0.2) is 25.3 Å². The number of nitrogens with two attached hydrogens (primary N) is 1. The number of carbonyl (C=O) groups excluding carboxylic acids is 1. The van der Waals surface area contributed by atoms with Gasteiger partial charge in [-0.2, -0.15) is 0 Å². The van der Waals surface area contributed by atoms with Crippen molar-refractivity contribution in [1.29, 1.82) is 0 Å². The number of hydrogen-bond acceptors (Lipinski definition) is 5. The molecule has 4 aromatic rings.